The van der Waals surface area contributed by atoms with Crippen LogP contribution in [0.25, 0.3) is 0 Å². The standard InChI is InChI=1S/C13H25N3OS/c1-12(2,16(3)4)9-15-11(17)13(10(14)18)7-5-6-8-13/h5-9H2,1-4H3,(H2,14,18)(H,15,17). The lowest BCUT2D eigenvalue weighted by molar-refractivity contribution is -0.127. The van der Waals surface area contributed by atoms with E-state index in [1.54, 1.807) is 0 Å². The molecule has 0 heterocycles. The first-order valence-electron chi connectivity index (χ1n) is 6.48. The summed E-state index contributed by atoms with van der Waals surface area (Å²) >= 11 is 5.11. The quantitative estimate of drug-likeness (QED) is 0.740. The van der Waals surface area contributed by atoms with E-state index < -0.39 is 5.41 Å². The van der Waals surface area contributed by atoms with Crippen LogP contribution in [0.5, 0.6) is 0 Å². The van der Waals surface area contributed by atoms with Crippen molar-refractivity contribution in [3.63, 3.8) is 0 Å². The zero-order valence-electron chi connectivity index (χ0n) is 11.9. The zero-order chi connectivity index (χ0) is 14.0. The van der Waals surface area contributed by atoms with Gasteiger partial charge in [-0.25, -0.2) is 0 Å². The molecule has 18 heavy (non-hydrogen) atoms. The predicted molar refractivity (Wildman–Crippen MR) is 78.5 cm³/mol. The van der Waals surface area contributed by atoms with Crippen molar-refractivity contribution in [1.29, 1.82) is 0 Å². The van der Waals surface area contributed by atoms with Crippen LogP contribution in [0.2, 0.25) is 0 Å². The molecule has 1 aliphatic rings. The Balaban J connectivity index is 2.67. The number of hydrogen-bond acceptors (Lipinski definition) is 3. The molecule has 0 unspecified atom stereocenters. The highest BCUT2D eigenvalue weighted by Gasteiger charge is 2.44. The first-order chi connectivity index (χ1) is 8.22. The lowest BCUT2D eigenvalue weighted by Gasteiger charge is -2.34. The van der Waals surface area contributed by atoms with Gasteiger partial charge in [-0.1, -0.05) is 25.1 Å². The number of rotatable bonds is 5. The van der Waals surface area contributed by atoms with E-state index in [0.29, 0.717) is 11.5 Å². The second-order valence-corrected chi connectivity index (χ2v) is 6.48. The maximum absolute atomic E-state index is 12.4. The summed E-state index contributed by atoms with van der Waals surface area (Å²) in [6.45, 7) is 4.79. The Morgan fingerprint density at radius 1 is 1.39 bits per heavy atom. The van der Waals surface area contributed by atoms with Crippen LogP contribution in [-0.2, 0) is 4.79 Å². The average molecular weight is 271 g/mol. The van der Waals surface area contributed by atoms with Crippen LogP contribution in [0.15, 0.2) is 0 Å². The maximum Gasteiger partial charge on any atom is 0.233 e. The Bertz CT molecular complexity index is 333. The van der Waals surface area contributed by atoms with E-state index in [-0.39, 0.29) is 11.4 Å². The van der Waals surface area contributed by atoms with Crippen molar-refractivity contribution >= 4 is 23.1 Å². The molecule has 1 fully saturated rings. The van der Waals surface area contributed by atoms with Crippen molar-refractivity contribution in [2.45, 2.75) is 45.1 Å². The molecule has 1 saturated carbocycles. The van der Waals surface area contributed by atoms with E-state index in [4.69, 9.17) is 18.0 Å². The molecule has 0 aromatic heterocycles. The highest BCUT2D eigenvalue weighted by atomic mass is 32.1. The van der Waals surface area contributed by atoms with Gasteiger partial charge in [-0.15, -0.1) is 0 Å². The van der Waals surface area contributed by atoms with Gasteiger partial charge in [-0.05, 0) is 40.8 Å². The van der Waals surface area contributed by atoms with Gasteiger partial charge in [0.2, 0.25) is 5.91 Å². The molecular weight excluding hydrogens is 246 g/mol. The van der Waals surface area contributed by atoms with Crippen molar-refractivity contribution in [3.05, 3.63) is 0 Å². The molecule has 3 N–H and O–H groups in total. The SMILES string of the molecule is CN(C)C(C)(C)CNC(=O)C1(C(N)=S)CCCC1. The Labute approximate surface area is 115 Å². The van der Waals surface area contributed by atoms with Gasteiger partial charge in [0.15, 0.2) is 0 Å². The minimum atomic E-state index is -0.599. The number of carbonyl (C=O) groups excluding carboxylic acids is 1. The molecule has 0 aromatic rings. The van der Waals surface area contributed by atoms with Crippen molar-refractivity contribution < 1.29 is 4.79 Å². The van der Waals surface area contributed by atoms with Crippen LogP contribution < -0.4 is 11.1 Å². The molecule has 0 aliphatic heterocycles. The molecule has 1 rings (SSSR count). The number of hydrogen-bond donors (Lipinski definition) is 2. The molecule has 5 heteroatoms. The number of nitrogens with one attached hydrogen (secondary N) is 1. The normalized spacial score (nSPS) is 18.9. The molecule has 104 valence electrons. The van der Waals surface area contributed by atoms with E-state index in [9.17, 15) is 4.79 Å². The van der Waals surface area contributed by atoms with E-state index >= 15 is 0 Å². The van der Waals surface area contributed by atoms with E-state index in [1.165, 1.54) is 0 Å². The van der Waals surface area contributed by atoms with Gasteiger partial charge in [-0.2, -0.15) is 0 Å². The first kappa shape index (κ1) is 15.4. The third kappa shape index (κ3) is 3.01. The van der Waals surface area contributed by atoms with E-state index in [1.807, 2.05) is 14.1 Å². The molecule has 0 spiro atoms. The average Bonchev–Trinajstić information content (AvgIpc) is 2.76. The summed E-state index contributed by atoms with van der Waals surface area (Å²) in [4.78, 5) is 14.8. The van der Waals surface area contributed by atoms with Gasteiger partial charge >= 0.3 is 0 Å². The second-order valence-electron chi connectivity index (χ2n) is 6.04. The molecule has 0 aromatic carbocycles. The van der Waals surface area contributed by atoms with Crippen molar-refractivity contribution in [1.82, 2.24) is 10.2 Å². The van der Waals surface area contributed by atoms with Crippen molar-refractivity contribution in [2.75, 3.05) is 20.6 Å². The van der Waals surface area contributed by atoms with Gasteiger partial charge in [0.1, 0.15) is 0 Å². The van der Waals surface area contributed by atoms with Crippen LogP contribution >= 0.6 is 12.2 Å². The third-order valence-corrected chi connectivity index (χ3v) is 4.65. The fraction of sp³-hybridized carbons (Fsp3) is 0.846. The number of nitrogens with two attached hydrogens (primary N) is 1. The summed E-state index contributed by atoms with van der Waals surface area (Å²) in [7, 11) is 4.01. The number of likely N-dealkylation sites (N-methyl/N-ethyl adjacent to an activating group) is 1. The lowest BCUT2D eigenvalue weighted by atomic mass is 9.85. The summed E-state index contributed by atoms with van der Waals surface area (Å²) < 4.78 is 0. The highest BCUT2D eigenvalue weighted by molar-refractivity contribution is 7.80. The molecule has 0 radical (unpaired) electrons. The van der Waals surface area contributed by atoms with Gasteiger partial charge in [-0.3, -0.25) is 4.79 Å². The summed E-state index contributed by atoms with van der Waals surface area (Å²) in [5.74, 6) is 0.00225. The third-order valence-electron chi connectivity index (χ3n) is 4.26. The fourth-order valence-corrected chi connectivity index (χ4v) is 2.48. The highest BCUT2D eigenvalue weighted by Crippen LogP contribution is 2.38. The smallest absolute Gasteiger partial charge is 0.233 e. The first-order valence-corrected chi connectivity index (χ1v) is 6.89. The Morgan fingerprint density at radius 3 is 2.28 bits per heavy atom. The Hall–Kier alpha value is -0.680. The number of amides is 1. The molecule has 0 bridgehead atoms. The minimum Gasteiger partial charge on any atom is -0.392 e. The summed E-state index contributed by atoms with van der Waals surface area (Å²) in [5, 5.41) is 3.02. The lowest BCUT2D eigenvalue weighted by Crippen LogP contribution is -2.53. The molecule has 1 aliphatic carbocycles. The van der Waals surface area contributed by atoms with E-state index in [0.717, 1.165) is 25.7 Å². The maximum atomic E-state index is 12.4. The van der Waals surface area contributed by atoms with Gasteiger partial charge in [0.25, 0.3) is 0 Å². The van der Waals surface area contributed by atoms with Crippen molar-refractivity contribution in [3.8, 4) is 0 Å². The summed E-state index contributed by atoms with van der Waals surface area (Å²) in [6.07, 6.45) is 3.64. The van der Waals surface area contributed by atoms with Crippen molar-refractivity contribution in [2.24, 2.45) is 11.1 Å². The second kappa shape index (κ2) is 5.53. The van der Waals surface area contributed by atoms with Crippen LogP contribution in [-0.4, -0.2) is 42.0 Å². The monoisotopic (exact) mass is 271 g/mol. The number of nitrogens with zero attached hydrogens (tertiary/aromatic N) is 1. The Morgan fingerprint density at radius 2 is 1.89 bits per heavy atom. The van der Waals surface area contributed by atoms with Gasteiger partial charge in [0, 0.05) is 12.1 Å². The molecule has 4 nitrogen and oxygen atoms in total. The fourth-order valence-electron chi connectivity index (χ4n) is 2.19. The van der Waals surface area contributed by atoms with Gasteiger partial charge in [0.05, 0.1) is 10.4 Å². The van der Waals surface area contributed by atoms with Crippen LogP contribution in [0, 0.1) is 5.41 Å². The molecule has 0 saturated heterocycles. The van der Waals surface area contributed by atoms with Crippen LogP contribution in [0.4, 0.5) is 0 Å². The molecule has 1 amide bonds. The summed E-state index contributed by atoms with van der Waals surface area (Å²) in [6, 6.07) is 0. The largest absolute Gasteiger partial charge is 0.392 e. The molecular formula is C13H25N3OS. The summed E-state index contributed by atoms with van der Waals surface area (Å²) in [5.41, 5.74) is 5.12. The molecule has 0 atom stereocenters. The van der Waals surface area contributed by atoms with Crippen LogP contribution in [0.1, 0.15) is 39.5 Å². The topological polar surface area (TPSA) is 58.4 Å². The Kier molecular flexibility index (Phi) is 4.72. The minimum absolute atomic E-state index is 0.00225. The predicted octanol–water partition coefficient (Wildman–Crippen LogP) is 1.29. The number of carbonyl (C=O) groups is 1. The number of thiocarbonyl (C=S) groups is 1. The van der Waals surface area contributed by atoms with Gasteiger partial charge < -0.3 is 16.0 Å². The van der Waals surface area contributed by atoms with Crippen LogP contribution in [0.3, 0.4) is 0 Å². The van der Waals surface area contributed by atoms with E-state index in [2.05, 4.69) is 24.1 Å². The zero-order valence-corrected chi connectivity index (χ0v) is 12.7.